The molecule has 2 aliphatic rings. The van der Waals surface area contributed by atoms with Gasteiger partial charge in [-0.25, -0.2) is 9.78 Å². The van der Waals surface area contributed by atoms with E-state index in [1.807, 2.05) is 37.3 Å². The first-order valence-corrected chi connectivity index (χ1v) is 10.6. The van der Waals surface area contributed by atoms with Gasteiger partial charge in [0, 0.05) is 6.04 Å². The summed E-state index contributed by atoms with van der Waals surface area (Å²) in [5.74, 6) is 0.280. The Hall–Kier alpha value is -3.34. The van der Waals surface area contributed by atoms with Crippen LogP contribution in [0.5, 0.6) is 11.9 Å². The number of benzene rings is 1. The summed E-state index contributed by atoms with van der Waals surface area (Å²) in [7, 11) is 0. The van der Waals surface area contributed by atoms with Crippen molar-refractivity contribution in [1.82, 2.24) is 15.3 Å². The number of hydrogen-bond acceptors (Lipinski definition) is 7. The van der Waals surface area contributed by atoms with E-state index >= 15 is 0 Å². The van der Waals surface area contributed by atoms with Crippen molar-refractivity contribution in [2.24, 2.45) is 5.41 Å². The smallest absolute Gasteiger partial charge is 0.407 e. The van der Waals surface area contributed by atoms with E-state index in [4.69, 9.17) is 14.2 Å². The molecule has 0 unspecified atom stereocenters. The van der Waals surface area contributed by atoms with E-state index in [2.05, 4.69) is 21.4 Å². The molecule has 0 atom stereocenters. The molecule has 1 spiro atoms. The molecule has 0 bridgehead atoms. The summed E-state index contributed by atoms with van der Waals surface area (Å²) in [4.78, 5) is 20.3. The van der Waals surface area contributed by atoms with Gasteiger partial charge >= 0.3 is 12.1 Å². The minimum atomic E-state index is -0.380. The SMILES string of the molecule is CCCOc1ncc(C#N)c(OC2CC3(CC(NC(=O)OCc4ccccc4)C3)C2)n1. The Morgan fingerprint density at radius 2 is 2.03 bits per heavy atom. The number of amides is 1. The summed E-state index contributed by atoms with van der Waals surface area (Å²) in [6.45, 7) is 2.78. The van der Waals surface area contributed by atoms with Gasteiger partial charge in [-0.15, -0.1) is 0 Å². The number of carbonyl (C=O) groups is 1. The number of nitriles is 1. The van der Waals surface area contributed by atoms with Crippen molar-refractivity contribution in [3.63, 3.8) is 0 Å². The Labute approximate surface area is 181 Å². The summed E-state index contributed by atoms with van der Waals surface area (Å²) < 4.78 is 16.7. The van der Waals surface area contributed by atoms with Gasteiger partial charge in [-0.2, -0.15) is 10.2 Å². The Morgan fingerprint density at radius 3 is 2.74 bits per heavy atom. The highest BCUT2D eigenvalue weighted by Gasteiger charge is 2.54. The fourth-order valence-corrected chi connectivity index (χ4v) is 4.28. The van der Waals surface area contributed by atoms with Crippen LogP contribution in [0.15, 0.2) is 36.5 Å². The van der Waals surface area contributed by atoms with Gasteiger partial charge < -0.3 is 19.5 Å². The van der Waals surface area contributed by atoms with Crippen LogP contribution >= 0.6 is 0 Å². The molecule has 1 aromatic carbocycles. The van der Waals surface area contributed by atoms with E-state index in [9.17, 15) is 10.1 Å². The monoisotopic (exact) mass is 422 g/mol. The number of ether oxygens (including phenoxy) is 3. The van der Waals surface area contributed by atoms with Gasteiger partial charge in [0.05, 0.1) is 12.8 Å². The van der Waals surface area contributed by atoms with Crippen molar-refractivity contribution in [2.45, 2.75) is 57.8 Å². The Bertz CT molecular complexity index is 946. The van der Waals surface area contributed by atoms with Crippen LogP contribution in [0.25, 0.3) is 0 Å². The summed E-state index contributed by atoms with van der Waals surface area (Å²) in [5.41, 5.74) is 1.47. The topological polar surface area (TPSA) is 106 Å². The van der Waals surface area contributed by atoms with Crippen LogP contribution in [-0.4, -0.2) is 34.8 Å². The fourth-order valence-electron chi connectivity index (χ4n) is 4.28. The Balaban J connectivity index is 1.20. The molecule has 2 aliphatic carbocycles. The molecule has 31 heavy (non-hydrogen) atoms. The minimum absolute atomic E-state index is 0.00649. The van der Waals surface area contributed by atoms with E-state index in [1.54, 1.807) is 0 Å². The normalized spacial score (nSPS) is 23.7. The molecular formula is C23H26N4O4. The average Bonchev–Trinajstić information content (AvgIpc) is 2.74. The zero-order valence-corrected chi connectivity index (χ0v) is 17.5. The largest absolute Gasteiger partial charge is 0.473 e. The van der Waals surface area contributed by atoms with E-state index in [-0.39, 0.29) is 42.2 Å². The van der Waals surface area contributed by atoms with Gasteiger partial charge in [-0.05, 0) is 43.1 Å². The second kappa shape index (κ2) is 9.21. The second-order valence-corrected chi connectivity index (χ2v) is 8.29. The number of carbonyl (C=O) groups excluding carboxylic acids is 1. The number of hydrogen-bond donors (Lipinski definition) is 1. The third kappa shape index (κ3) is 5.05. The number of rotatable bonds is 8. The first kappa shape index (κ1) is 20.9. The lowest BCUT2D eigenvalue weighted by Gasteiger charge is -2.56. The summed E-state index contributed by atoms with van der Waals surface area (Å²) in [5, 5.41) is 12.2. The number of alkyl carbamates (subject to hydrolysis) is 1. The van der Waals surface area contributed by atoms with E-state index in [0.29, 0.717) is 12.2 Å². The predicted octanol–water partition coefficient (Wildman–Crippen LogP) is 3.75. The molecule has 162 valence electrons. The number of nitrogens with one attached hydrogen (secondary N) is 1. The average molecular weight is 422 g/mol. The lowest BCUT2D eigenvalue weighted by molar-refractivity contribution is -0.0858. The quantitative estimate of drug-likeness (QED) is 0.690. The molecule has 4 rings (SSSR count). The molecule has 2 aromatic rings. The third-order valence-electron chi connectivity index (χ3n) is 5.78. The van der Waals surface area contributed by atoms with Gasteiger partial charge in [0.15, 0.2) is 0 Å². The van der Waals surface area contributed by atoms with Crippen LogP contribution in [0.2, 0.25) is 0 Å². The zero-order valence-electron chi connectivity index (χ0n) is 17.5. The number of aromatic nitrogens is 2. The van der Waals surface area contributed by atoms with Crippen LogP contribution in [0.4, 0.5) is 4.79 Å². The lowest BCUT2D eigenvalue weighted by atomic mass is 9.53. The standard InChI is InChI=1S/C23H26N4O4/c1-2-8-29-21-25-14-17(13-24)20(27-21)31-19-11-23(12-19)9-18(10-23)26-22(28)30-15-16-6-4-3-5-7-16/h3-7,14,18-19H,2,8-12,15H2,1H3,(H,26,28). The molecule has 2 fully saturated rings. The van der Waals surface area contributed by atoms with Gasteiger partial charge in [-0.3, -0.25) is 0 Å². The van der Waals surface area contributed by atoms with Gasteiger partial charge in [0.1, 0.15) is 24.3 Å². The highest BCUT2D eigenvalue weighted by molar-refractivity contribution is 5.67. The van der Waals surface area contributed by atoms with Crippen LogP contribution in [-0.2, 0) is 11.3 Å². The maximum Gasteiger partial charge on any atom is 0.407 e. The number of nitrogens with zero attached hydrogens (tertiary/aromatic N) is 3. The van der Waals surface area contributed by atoms with Crippen LogP contribution in [0, 0.1) is 16.7 Å². The van der Waals surface area contributed by atoms with Crippen molar-refractivity contribution in [2.75, 3.05) is 6.61 Å². The van der Waals surface area contributed by atoms with Crippen molar-refractivity contribution in [3.8, 4) is 18.0 Å². The summed E-state index contributed by atoms with van der Waals surface area (Å²) in [6, 6.07) is 12.0. The summed E-state index contributed by atoms with van der Waals surface area (Å²) >= 11 is 0. The second-order valence-electron chi connectivity index (χ2n) is 8.29. The van der Waals surface area contributed by atoms with E-state index < -0.39 is 0 Å². The lowest BCUT2D eigenvalue weighted by Crippen LogP contribution is -2.58. The maximum atomic E-state index is 12.0. The van der Waals surface area contributed by atoms with Crippen LogP contribution in [0.3, 0.4) is 0 Å². The highest BCUT2D eigenvalue weighted by Crippen LogP contribution is 2.56. The fraction of sp³-hybridized carbons (Fsp3) is 0.478. The molecular weight excluding hydrogens is 396 g/mol. The molecule has 0 saturated heterocycles. The summed E-state index contributed by atoms with van der Waals surface area (Å²) in [6.07, 6.45) is 5.49. The van der Waals surface area contributed by atoms with Crippen LogP contribution < -0.4 is 14.8 Å². The van der Waals surface area contributed by atoms with E-state index in [1.165, 1.54) is 6.20 Å². The minimum Gasteiger partial charge on any atom is -0.473 e. The molecule has 1 amide bonds. The van der Waals surface area contributed by atoms with Gasteiger partial charge in [0.25, 0.3) is 0 Å². The first-order valence-electron chi connectivity index (χ1n) is 10.6. The predicted molar refractivity (Wildman–Crippen MR) is 111 cm³/mol. The molecule has 1 N–H and O–H groups in total. The molecule has 1 heterocycles. The molecule has 2 saturated carbocycles. The van der Waals surface area contributed by atoms with Crippen molar-refractivity contribution in [1.29, 1.82) is 5.26 Å². The van der Waals surface area contributed by atoms with Crippen LogP contribution in [0.1, 0.15) is 50.2 Å². The third-order valence-corrected chi connectivity index (χ3v) is 5.78. The Morgan fingerprint density at radius 1 is 1.26 bits per heavy atom. The zero-order chi connectivity index (χ0) is 21.7. The van der Waals surface area contributed by atoms with E-state index in [0.717, 1.165) is 37.7 Å². The van der Waals surface area contributed by atoms with Gasteiger partial charge in [0.2, 0.25) is 5.88 Å². The van der Waals surface area contributed by atoms with Crippen molar-refractivity contribution >= 4 is 6.09 Å². The molecule has 8 nitrogen and oxygen atoms in total. The molecule has 1 aromatic heterocycles. The first-order chi connectivity index (χ1) is 15.1. The molecule has 0 aliphatic heterocycles. The highest BCUT2D eigenvalue weighted by atomic mass is 16.5. The molecule has 0 radical (unpaired) electrons. The van der Waals surface area contributed by atoms with Gasteiger partial charge in [-0.1, -0.05) is 37.3 Å². The van der Waals surface area contributed by atoms with Crippen molar-refractivity contribution in [3.05, 3.63) is 47.7 Å². The Kier molecular flexibility index (Phi) is 6.21. The molecule has 8 heteroatoms. The van der Waals surface area contributed by atoms with Crippen molar-refractivity contribution < 1.29 is 19.0 Å². The maximum absolute atomic E-state index is 12.0.